The van der Waals surface area contributed by atoms with E-state index in [1.54, 1.807) is 16.0 Å². The molecule has 2 N–H and O–H groups in total. The number of pyridine rings is 1. The smallest absolute Gasteiger partial charge is 0.407 e. The van der Waals surface area contributed by atoms with Crippen LogP contribution in [-0.2, 0) is 0 Å². The third-order valence-corrected chi connectivity index (χ3v) is 7.25. The van der Waals surface area contributed by atoms with Crippen LogP contribution in [-0.4, -0.2) is 81.4 Å². The number of carbonyl (C=O) groups excluding carboxylic acids is 1. The third kappa shape index (κ3) is 4.08. The van der Waals surface area contributed by atoms with Crippen LogP contribution in [0.4, 0.5) is 32.7 Å². The van der Waals surface area contributed by atoms with E-state index in [9.17, 15) is 14.7 Å². The Labute approximate surface area is 204 Å². The van der Waals surface area contributed by atoms with Crippen molar-refractivity contribution < 1.29 is 14.7 Å². The minimum Gasteiger partial charge on any atom is -0.465 e. The number of fused-ring (bicyclic) bond motifs is 4. The number of hydrogen-bond acceptors (Lipinski definition) is 7. The Kier molecular flexibility index (Phi) is 5.65. The van der Waals surface area contributed by atoms with E-state index < -0.39 is 6.09 Å². The molecule has 0 radical (unpaired) electrons. The Balaban J connectivity index is 1.48. The monoisotopic (exact) mass is 480 g/mol. The number of carbonyl (C=O) groups is 2. The Morgan fingerprint density at radius 2 is 1.94 bits per heavy atom. The molecule has 2 saturated heterocycles. The van der Waals surface area contributed by atoms with E-state index >= 15 is 0 Å². The van der Waals surface area contributed by atoms with Gasteiger partial charge in [-0.2, -0.15) is 0 Å². The molecule has 5 heterocycles. The van der Waals surface area contributed by atoms with Gasteiger partial charge < -0.3 is 19.8 Å². The summed E-state index contributed by atoms with van der Waals surface area (Å²) >= 11 is 0. The average Bonchev–Trinajstić information content (AvgIpc) is 3.22. The van der Waals surface area contributed by atoms with Gasteiger partial charge in [0.1, 0.15) is 5.82 Å². The Morgan fingerprint density at radius 1 is 1.14 bits per heavy atom. The molecule has 11 heteroatoms. The van der Waals surface area contributed by atoms with Crippen molar-refractivity contribution in [3.05, 3.63) is 30.7 Å². The summed E-state index contributed by atoms with van der Waals surface area (Å²) in [6.45, 7) is 10.8. The van der Waals surface area contributed by atoms with Crippen molar-refractivity contribution in [2.45, 2.75) is 52.2 Å². The van der Waals surface area contributed by atoms with Crippen LogP contribution in [0.2, 0.25) is 0 Å². The van der Waals surface area contributed by atoms with E-state index in [2.05, 4.69) is 52.8 Å². The number of nitrogens with one attached hydrogen (secondary N) is 1. The lowest BCUT2D eigenvalue weighted by Gasteiger charge is -2.51. The van der Waals surface area contributed by atoms with Crippen molar-refractivity contribution in [2.24, 2.45) is 5.41 Å². The van der Waals surface area contributed by atoms with E-state index in [0.29, 0.717) is 24.7 Å². The fraction of sp³-hybridized carbons (Fsp3) is 0.542. The minimum atomic E-state index is -0.897. The fourth-order valence-corrected chi connectivity index (χ4v) is 5.87. The lowest BCUT2D eigenvalue weighted by molar-refractivity contribution is 0.0562. The molecule has 3 amide bonds. The minimum absolute atomic E-state index is 0.0190. The van der Waals surface area contributed by atoms with E-state index in [4.69, 9.17) is 4.98 Å². The first kappa shape index (κ1) is 23.1. The van der Waals surface area contributed by atoms with Crippen LogP contribution in [0, 0.1) is 5.41 Å². The number of piperazine rings is 1. The fourth-order valence-electron chi connectivity index (χ4n) is 5.87. The largest absolute Gasteiger partial charge is 0.465 e. The molecule has 2 aromatic heterocycles. The van der Waals surface area contributed by atoms with Gasteiger partial charge in [0, 0.05) is 44.6 Å². The first-order valence-electron chi connectivity index (χ1n) is 12.0. The number of anilines is 4. The maximum absolute atomic E-state index is 13.4. The van der Waals surface area contributed by atoms with Gasteiger partial charge in [-0.15, -0.1) is 0 Å². The third-order valence-electron chi connectivity index (χ3n) is 7.25. The van der Waals surface area contributed by atoms with Gasteiger partial charge in [-0.3, -0.25) is 15.2 Å². The summed E-state index contributed by atoms with van der Waals surface area (Å²) < 4.78 is 0. The van der Waals surface area contributed by atoms with E-state index in [0.717, 1.165) is 31.0 Å². The molecule has 2 fully saturated rings. The molecule has 0 saturated carbocycles. The number of rotatable bonds is 2. The van der Waals surface area contributed by atoms with Crippen molar-refractivity contribution in [3.63, 3.8) is 0 Å². The van der Waals surface area contributed by atoms with Crippen LogP contribution in [0.1, 0.15) is 34.1 Å². The molecule has 3 atom stereocenters. The zero-order valence-corrected chi connectivity index (χ0v) is 20.5. The van der Waals surface area contributed by atoms with E-state index in [1.165, 1.54) is 12.4 Å². The standard InChI is InChI=1S/C24H32N8O3/c1-15-20(24(2,3)4)31(23(34)35)12-11-30(15)19-6-5-17-21(28-19)32(16-7-10-29(17)14-16)22(33)27-18-13-25-8-9-26-18/h5-6,8-9,13,15-16,20H,7,10-12,14H2,1-4H3,(H,34,35)(H,26,27,33)/t15?,16-,20?/m0/s1. The molecule has 2 bridgehead atoms. The second kappa shape index (κ2) is 8.54. The molecule has 5 rings (SSSR count). The number of hydrogen-bond donors (Lipinski definition) is 2. The average molecular weight is 481 g/mol. The zero-order chi connectivity index (χ0) is 24.9. The lowest BCUT2D eigenvalue weighted by Crippen LogP contribution is -2.64. The molecular formula is C24H32N8O3. The molecule has 2 aromatic rings. The Bertz CT molecular complexity index is 1120. The number of urea groups is 1. The highest BCUT2D eigenvalue weighted by atomic mass is 16.4. The lowest BCUT2D eigenvalue weighted by atomic mass is 9.80. The molecule has 0 spiro atoms. The normalized spacial score (nSPS) is 23.8. The first-order valence-corrected chi connectivity index (χ1v) is 12.0. The molecule has 0 aromatic carbocycles. The molecule has 0 aliphatic carbocycles. The summed E-state index contributed by atoms with van der Waals surface area (Å²) in [6.07, 6.45) is 4.58. The Morgan fingerprint density at radius 3 is 2.63 bits per heavy atom. The van der Waals surface area contributed by atoms with Gasteiger partial charge in [0.2, 0.25) is 0 Å². The molecule has 35 heavy (non-hydrogen) atoms. The number of amides is 3. The number of nitrogens with zero attached hydrogens (tertiary/aromatic N) is 7. The van der Waals surface area contributed by atoms with E-state index in [-0.39, 0.29) is 29.6 Å². The van der Waals surface area contributed by atoms with Gasteiger partial charge in [-0.1, -0.05) is 20.8 Å². The SMILES string of the molecule is CC1C(C(C)(C)C)N(C(=O)O)CCN1c1ccc2c(n1)N(C(=O)Nc1cnccn1)[C@H]1CCN2C1. The van der Waals surface area contributed by atoms with Gasteiger partial charge >= 0.3 is 12.1 Å². The van der Waals surface area contributed by atoms with Crippen molar-refractivity contribution in [1.82, 2.24) is 19.9 Å². The van der Waals surface area contributed by atoms with Crippen LogP contribution in [0.3, 0.4) is 0 Å². The predicted octanol–water partition coefficient (Wildman–Crippen LogP) is 3.11. The highest BCUT2D eigenvalue weighted by Gasteiger charge is 2.45. The first-order chi connectivity index (χ1) is 16.6. The molecular weight excluding hydrogens is 448 g/mol. The quantitative estimate of drug-likeness (QED) is 0.673. The number of aromatic nitrogens is 3. The van der Waals surface area contributed by atoms with Crippen molar-refractivity contribution in [3.8, 4) is 0 Å². The van der Waals surface area contributed by atoms with Gasteiger partial charge in [0.05, 0.1) is 24.0 Å². The van der Waals surface area contributed by atoms with Gasteiger partial charge in [-0.25, -0.2) is 19.6 Å². The summed E-state index contributed by atoms with van der Waals surface area (Å²) in [5, 5.41) is 12.7. The summed E-state index contributed by atoms with van der Waals surface area (Å²) in [7, 11) is 0. The molecule has 3 aliphatic heterocycles. The summed E-state index contributed by atoms with van der Waals surface area (Å²) in [4.78, 5) is 46.3. The van der Waals surface area contributed by atoms with Gasteiger partial charge in [-0.05, 0) is 30.9 Å². The Hall–Kier alpha value is -3.63. The van der Waals surface area contributed by atoms with Crippen molar-refractivity contribution in [2.75, 3.05) is 46.2 Å². The van der Waals surface area contributed by atoms with Crippen LogP contribution in [0.5, 0.6) is 0 Å². The van der Waals surface area contributed by atoms with Gasteiger partial charge in [0.15, 0.2) is 11.6 Å². The molecule has 186 valence electrons. The highest BCUT2D eigenvalue weighted by Crippen LogP contribution is 2.41. The van der Waals surface area contributed by atoms with E-state index in [1.807, 2.05) is 12.1 Å². The maximum atomic E-state index is 13.4. The summed E-state index contributed by atoms with van der Waals surface area (Å²) in [5.74, 6) is 1.76. The maximum Gasteiger partial charge on any atom is 0.407 e. The predicted molar refractivity (Wildman–Crippen MR) is 133 cm³/mol. The van der Waals surface area contributed by atoms with Crippen molar-refractivity contribution in [1.29, 1.82) is 0 Å². The molecule has 3 aliphatic rings. The van der Waals surface area contributed by atoms with Crippen LogP contribution in [0.25, 0.3) is 0 Å². The van der Waals surface area contributed by atoms with Crippen molar-refractivity contribution >= 4 is 35.3 Å². The molecule has 11 nitrogen and oxygen atoms in total. The van der Waals surface area contributed by atoms with Crippen LogP contribution in [0.15, 0.2) is 30.7 Å². The molecule has 2 unspecified atom stereocenters. The second-order valence-corrected chi connectivity index (χ2v) is 10.5. The topological polar surface area (TPSA) is 118 Å². The number of carboxylic acid groups (broad SMARTS) is 1. The highest BCUT2D eigenvalue weighted by molar-refractivity contribution is 6.04. The summed E-state index contributed by atoms with van der Waals surface area (Å²) in [5.41, 5.74) is 0.680. The summed E-state index contributed by atoms with van der Waals surface area (Å²) in [6, 6.07) is 3.47. The van der Waals surface area contributed by atoms with Gasteiger partial charge in [0.25, 0.3) is 0 Å². The van der Waals surface area contributed by atoms with Crippen LogP contribution >= 0.6 is 0 Å². The zero-order valence-electron chi connectivity index (χ0n) is 20.5. The van der Waals surface area contributed by atoms with Crippen LogP contribution < -0.4 is 20.0 Å². The second-order valence-electron chi connectivity index (χ2n) is 10.5.